The molecule has 0 bridgehead atoms. The molecule has 0 unspecified atom stereocenters. The Bertz CT molecular complexity index is 1010. The molecule has 0 radical (unpaired) electrons. The van der Waals surface area contributed by atoms with Gasteiger partial charge >= 0.3 is 0 Å². The Balaban J connectivity index is 1.88. The minimum atomic E-state index is 1.03. The summed E-state index contributed by atoms with van der Waals surface area (Å²) in [6.45, 7) is 4.38. The van der Waals surface area contributed by atoms with E-state index in [1.165, 1.54) is 33.4 Å². The SMILES string of the molecule is Cc1cc(-c2ccccc2)cc(C)c1-c1cccnc1-c1ccccc1. The lowest BCUT2D eigenvalue weighted by molar-refractivity contribution is 1.30. The van der Waals surface area contributed by atoms with Crippen LogP contribution in [0.3, 0.4) is 0 Å². The predicted molar refractivity (Wildman–Crippen MR) is 110 cm³/mol. The van der Waals surface area contributed by atoms with Crippen molar-refractivity contribution in [3.8, 4) is 33.5 Å². The van der Waals surface area contributed by atoms with Gasteiger partial charge in [-0.2, -0.15) is 0 Å². The fraction of sp³-hybridized carbons (Fsp3) is 0.0800. The molecule has 0 aliphatic rings. The molecule has 0 fully saturated rings. The highest BCUT2D eigenvalue weighted by molar-refractivity contribution is 5.85. The first-order valence-electron chi connectivity index (χ1n) is 8.91. The van der Waals surface area contributed by atoms with Gasteiger partial charge in [-0.15, -0.1) is 0 Å². The zero-order chi connectivity index (χ0) is 17.9. The first-order chi connectivity index (χ1) is 12.7. The fourth-order valence-corrected chi connectivity index (χ4v) is 3.62. The van der Waals surface area contributed by atoms with E-state index >= 15 is 0 Å². The van der Waals surface area contributed by atoms with E-state index in [0.717, 1.165) is 11.3 Å². The molecule has 0 N–H and O–H groups in total. The topological polar surface area (TPSA) is 12.9 Å². The maximum atomic E-state index is 4.69. The lowest BCUT2D eigenvalue weighted by Crippen LogP contribution is -1.94. The second-order valence-corrected chi connectivity index (χ2v) is 6.62. The van der Waals surface area contributed by atoms with E-state index in [0.29, 0.717) is 0 Å². The van der Waals surface area contributed by atoms with Crippen LogP contribution in [0.4, 0.5) is 0 Å². The van der Waals surface area contributed by atoms with Crippen LogP contribution in [0.1, 0.15) is 11.1 Å². The average molecular weight is 335 g/mol. The number of hydrogen-bond acceptors (Lipinski definition) is 1. The number of hydrogen-bond donors (Lipinski definition) is 0. The molecule has 1 heteroatoms. The Hall–Kier alpha value is -3.19. The summed E-state index contributed by atoms with van der Waals surface area (Å²) in [6, 6.07) is 29.7. The van der Waals surface area contributed by atoms with Gasteiger partial charge in [0.25, 0.3) is 0 Å². The number of aromatic nitrogens is 1. The van der Waals surface area contributed by atoms with E-state index in [-0.39, 0.29) is 0 Å². The van der Waals surface area contributed by atoms with Crippen LogP contribution < -0.4 is 0 Å². The highest BCUT2D eigenvalue weighted by atomic mass is 14.7. The highest BCUT2D eigenvalue weighted by Gasteiger charge is 2.14. The van der Waals surface area contributed by atoms with Gasteiger partial charge in [-0.05, 0) is 47.7 Å². The van der Waals surface area contributed by atoms with E-state index in [1.54, 1.807) is 0 Å². The second kappa shape index (κ2) is 6.97. The van der Waals surface area contributed by atoms with Gasteiger partial charge in [-0.25, -0.2) is 0 Å². The molecule has 0 saturated heterocycles. The summed E-state index contributed by atoms with van der Waals surface area (Å²) in [6.07, 6.45) is 1.87. The van der Waals surface area contributed by atoms with Gasteiger partial charge in [0, 0.05) is 17.3 Å². The summed E-state index contributed by atoms with van der Waals surface area (Å²) in [7, 11) is 0. The summed E-state index contributed by atoms with van der Waals surface area (Å²) in [5.41, 5.74) is 9.70. The Kier molecular flexibility index (Phi) is 4.37. The molecule has 1 heterocycles. The van der Waals surface area contributed by atoms with E-state index < -0.39 is 0 Å². The monoisotopic (exact) mass is 335 g/mol. The summed E-state index contributed by atoms with van der Waals surface area (Å²) >= 11 is 0. The van der Waals surface area contributed by atoms with Crippen LogP contribution in [0.2, 0.25) is 0 Å². The van der Waals surface area contributed by atoms with Crippen molar-refractivity contribution in [3.05, 3.63) is 102 Å². The number of aryl methyl sites for hydroxylation is 2. The maximum absolute atomic E-state index is 4.69. The number of nitrogens with zero attached hydrogens (tertiary/aromatic N) is 1. The Morgan fingerprint density at radius 2 is 1.15 bits per heavy atom. The Morgan fingerprint density at radius 3 is 1.77 bits per heavy atom. The van der Waals surface area contributed by atoms with Gasteiger partial charge < -0.3 is 0 Å². The first-order valence-corrected chi connectivity index (χ1v) is 8.91. The molecule has 0 atom stereocenters. The molecular weight excluding hydrogens is 314 g/mol. The molecule has 0 saturated carbocycles. The standard InChI is InChI=1S/C25H21N/c1-18-16-22(20-10-5-3-6-11-20)17-19(2)24(18)23-14-9-15-26-25(23)21-12-7-4-8-13-21/h3-17H,1-2H3. The molecular formula is C25H21N. The quantitative estimate of drug-likeness (QED) is 0.406. The molecule has 1 aromatic heterocycles. The summed E-state index contributed by atoms with van der Waals surface area (Å²) in [4.78, 5) is 4.69. The normalized spacial score (nSPS) is 10.7. The van der Waals surface area contributed by atoms with E-state index in [2.05, 4.69) is 91.6 Å². The zero-order valence-electron chi connectivity index (χ0n) is 15.1. The van der Waals surface area contributed by atoms with Crippen LogP contribution in [-0.2, 0) is 0 Å². The average Bonchev–Trinajstić information content (AvgIpc) is 2.69. The van der Waals surface area contributed by atoms with Crippen LogP contribution in [0.5, 0.6) is 0 Å². The molecule has 3 aromatic carbocycles. The fourth-order valence-electron chi connectivity index (χ4n) is 3.62. The summed E-state index contributed by atoms with van der Waals surface area (Å²) in [5, 5.41) is 0. The predicted octanol–water partition coefficient (Wildman–Crippen LogP) is 6.70. The third kappa shape index (κ3) is 3.04. The number of benzene rings is 3. The van der Waals surface area contributed by atoms with Crippen LogP contribution >= 0.6 is 0 Å². The van der Waals surface area contributed by atoms with Crippen LogP contribution in [0.25, 0.3) is 33.5 Å². The van der Waals surface area contributed by atoms with Gasteiger partial charge in [0.05, 0.1) is 5.69 Å². The molecule has 0 spiro atoms. The van der Waals surface area contributed by atoms with Crippen molar-refractivity contribution in [2.75, 3.05) is 0 Å². The van der Waals surface area contributed by atoms with E-state index in [9.17, 15) is 0 Å². The summed E-state index contributed by atoms with van der Waals surface area (Å²) in [5.74, 6) is 0. The van der Waals surface area contributed by atoms with Crippen LogP contribution in [-0.4, -0.2) is 4.98 Å². The first kappa shape index (κ1) is 16.3. The number of pyridine rings is 1. The molecule has 26 heavy (non-hydrogen) atoms. The van der Waals surface area contributed by atoms with Crippen molar-refractivity contribution in [1.82, 2.24) is 4.98 Å². The Labute approximate surface area is 155 Å². The third-order valence-electron chi connectivity index (χ3n) is 4.76. The molecule has 126 valence electrons. The largest absolute Gasteiger partial charge is 0.256 e. The molecule has 0 aliphatic heterocycles. The minimum Gasteiger partial charge on any atom is -0.256 e. The summed E-state index contributed by atoms with van der Waals surface area (Å²) < 4.78 is 0. The van der Waals surface area contributed by atoms with E-state index in [4.69, 9.17) is 0 Å². The van der Waals surface area contributed by atoms with E-state index in [1.807, 2.05) is 18.3 Å². The number of rotatable bonds is 3. The van der Waals surface area contributed by atoms with Gasteiger partial charge in [-0.3, -0.25) is 4.98 Å². The van der Waals surface area contributed by atoms with Crippen molar-refractivity contribution in [3.63, 3.8) is 0 Å². The second-order valence-electron chi connectivity index (χ2n) is 6.62. The zero-order valence-corrected chi connectivity index (χ0v) is 15.1. The smallest absolute Gasteiger partial charge is 0.0780 e. The third-order valence-corrected chi connectivity index (χ3v) is 4.76. The van der Waals surface area contributed by atoms with Gasteiger partial charge in [-0.1, -0.05) is 78.9 Å². The highest BCUT2D eigenvalue weighted by Crippen LogP contribution is 2.36. The van der Waals surface area contributed by atoms with Crippen molar-refractivity contribution in [1.29, 1.82) is 0 Å². The van der Waals surface area contributed by atoms with Gasteiger partial charge in [0.1, 0.15) is 0 Å². The molecule has 4 rings (SSSR count). The van der Waals surface area contributed by atoms with Crippen LogP contribution in [0.15, 0.2) is 91.1 Å². The van der Waals surface area contributed by atoms with Crippen molar-refractivity contribution in [2.45, 2.75) is 13.8 Å². The molecule has 4 aromatic rings. The lowest BCUT2D eigenvalue weighted by Gasteiger charge is -2.16. The molecule has 0 aliphatic carbocycles. The molecule has 1 nitrogen and oxygen atoms in total. The molecule has 0 amide bonds. The van der Waals surface area contributed by atoms with Gasteiger partial charge in [0.2, 0.25) is 0 Å². The van der Waals surface area contributed by atoms with Crippen LogP contribution in [0, 0.1) is 13.8 Å². The van der Waals surface area contributed by atoms with Crippen molar-refractivity contribution < 1.29 is 0 Å². The Morgan fingerprint density at radius 1 is 0.577 bits per heavy atom. The van der Waals surface area contributed by atoms with Crippen molar-refractivity contribution in [2.24, 2.45) is 0 Å². The lowest BCUT2D eigenvalue weighted by atomic mass is 9.89. The minimum absolute atomic E-state index is 1.03. The maximum Gasteiger partial charge on any atom is 0.0780 e. The van der Waals surface area contributed by atoms with Crippen molar-refractivity contribution >= 4 is 0 Å². The van der Waals surface area contributed by atoms with Gasteiger partial charge in [0.15, 0.2) is 0 Å².